The molecular formula is C18H19NO2. The van der Waals surface area contributed by atoms with Gasteiger partial charge >= 0.3 is 0 Å². The molecule has 0 saturated carbocycles. The normalized spacial score (nSPS) is 16.9. The first-order valence-electron chi connectivity index (χ1n) is 7.26. The van der Waals surface area contributed by atoms with E-state index >= 15 is 0 Å². The molecule has 2 aromatic carbocycles. The molecule has 108 valence electrons. The zero-order chi connectivity index (χ0) is 14.7. The van der Waals surface area contributed by atoms with Gasteiger partial charge in [-0.3, -0.25) is 4.79 Å². The van der Waals surface area contributed by atoms with Crippen LogP contribution in [0.1, 0.15) is 28.4 Å². The number of fused-ring (bicyclic) bond motifs is 1. The monoisotopic (exact) mass is 281 g/mol. The van der Waals surface area contributed by atoms with E-state index in [1.165, 1.54) is 5.56 Å². The van der Waals surface area contributed by atoms with E-state index in [0.717, 1.165) is 29.8 Å². The molecule has 3 nitrogen and oxygen atoms in total. The van der Waals surface area contributed by atoms with Crippen molar-refractivity contribution in [1.82, 2.24) is 5.32 Å². The van der Waals surface area contributed by atoms with Crippen molar-refractivity contribution in [3.05, 3.63) is 65.2 Å². The van der Waals surface area contributed by atoms with E-state index in [1.807, 2.05) is 42.5 Å². The van der Waals surface area contributed by atoms with Crippen molar-refractivity contribution in [1.29, 1.82) is 0 Å². The van der Waals surface area contributed by atoms with Crippen molar-refractivity contribution in [2.75, 3.05) is 6.61 Å². The highest BCUT2D eigenvalue weighted by Gasteiger charge is 2.18. The summed E-state index contributed by atoms with van der Waals surface area (Å²) < 4.78 is 5.77. The Bertz CT molecular complexity index is 651. The van der Waals surface area contributed by atoms with Gasteiger partial charge in [0.15, 0.2) is 5.78 Å². The Morgan fingerprint density at radius 1 is 1.24 bits per heavy atom. The molecule has 0 saturated heterocycles. The summed E-state index contributed by atoms with van der Waals surface area (Å²) in [5.74, 6) is 1.10. The minimum Gasteiger partial charge on any atom is -0.492 e. The lowest BCUT2D eigenvalue weighted by molar-refractivity contribution is 0.101. The summed E-state index contributed by atoms with van der Waals surface area (Å²) in [6.07, 6.45) is 0.975. The number of hydrogen-bond donors (Lipinski definition) is 1. The molecule has 1 unspecified atom stereocenters. The Morgan fingerprint density at radius 2 is 2.10 bits per heavy atom. The van der Waals surface area contributed by atoms with Gasteiger partial charge in [-0.05, 0) is 36.6 Å². The fourth-order valence-electron chi connectivity index (χ4n) is 2.62. The van der Waals surface area contributed by atoms with E-state index in [0.29, 0.717) is 12.6 Å². The van der Waals surface area contributed by atoms with Gasteiger partial charge in [-0.1, -0.05) is 36.4 Å². The van der Waals surface area contributed by atoms with Crippen LogP contribution in [-0.2, 0) is 13.0 Å². The van der Waals surface area contributed by atoms with Crippen molar-refractivity contribution in [3.63, 3.8) is 0 Å². The fourth-order valence-corrected chi connectivity index (χ4v) is 2.62. The summed E-state index contributed by atoms with van der Waals surface area (Å²) in [5.41, 5.74) is 3.14. The Labute approximate surface area is 124 Å². The van der Waals surface area contributed by atoms with Gasteiger partial charge in [0, 0.05) is 18.2 Å². The van der Waals surface area contributed by atoms with Crippen LogP contribution >= 0.6 is 0 Å². The molecule has 2 aromatic rings. The van der Waals surface area contributed by atoms with Crippen LogP contribution in [0.4, 0.5) is 0 Å². The van der Waals surface area contributed by atoms with Crippen molar-refractivity contribution in [2.45, 2.75) is 25.9 Å². The van der Waals surface area contributed by atoms with E-state index in [9.17, 15) is 4.79 Å². The van der Waals surface area contributed by atoms with Crippen molar-refractivity contribution >= 4 is 5.78 Å². The number of ether oxygens (including phenoxy) is 1. The largest absolute Gasteiger partial charge is 0.492 e. The van der Waals surface area contributed by atoms with Gasteiger partial charge < -0.3 is 10.1 Å². The zero-order valence-electron chi connectivity index (χ0n) is 12.1. The number of Topliss-reactive ketones (excluding diaryl/α,β-unsaturated/α-hetero) is 1. The van der Waals surface area contributed by atoms with Gasteiger partial charge in [-0.15, -0.1) is 0 Å². The molecule has 0 bridgehead atoms. The number of benzene rings is 2. The molecule has 0 radical (unpaired) electrons. The minimum atomic E-state index is 0.103. The van der Waals surface area contributed by atoms with Gasteiger partial charge in [0.25, 0.3) is 0 Å². The molecule has 0 amide bonds. The summed E-state index contributed by atoms with van der Waals surface area (Å²) in [6.45, 7) is 3.03. The van der Waals surface area contributed by atoms with Gasteiger partial charge in [0.05, 0.1) is 0 Å². The van der Waals surface area contributed by atoms with Crippen molar-refractivity contribution < 1.29 is 9.53 Å². The lowest BCUT2D eigenvalue weighted by Crippen LogP contribution is -2.38. The maximum absolute atomic E-state index is 11.4. The Hall–Kier alpha value is -2.13. The number of carbonyl (C=O) groups is 1. The van der Waals surface area contributed by atoms with E-state index in [-0.39, 0.29) is 5.78 Å². The lowest BCUT2D eigenvalue weighted by atomic mass is 10.0. The second-order valence-corrected chi connectivity index (χ2v) is 5.46. The Morgan fingerprint density at radius 3 is 2.95 bits per heavy atom. The van der Waals surface area contributed by atoms with E-state index in [1.54, 1.807) is 6.92 Å². The minimum absolute atomic E-state index is 0.103. The highest BCUT2D eigenvalue weighted by Crippen LogP contribution is 2.24. The summed E-state index contributed by atoms with van der Waals surface area (Å²) in [5, 5.41) is 3.51. The van der Waals surface area contributed by atoms with Crippen molar-refractivity contribution in [2.24, 2.45) is 0 Å². The molecule has 3 rings (SSSR count). The molecule has 0 aliphatic carbocycles. The molecule has 1 aliphatic rings. The number of rotatable bonds is 4. The van der Waals surface area contributed by atoms with Crippen LogP contribution in [0.3, 0.4) is 0 Å². The number of ketones is 1. The number of nitrogens with one attached hydrogen (secondary N) is 1. The summed E-state index contributed by atoms with van der Waals surface area (Å²) in [4.78, 5) is 11.4. The third-order valence-corrected chi connectivity index (χ3v) is 3.81. The molecule has 21 heavy (non-hydrogen) atoms. The summed E-state index contributed by atoms with van der Waals surface area (Å²) in [7, 11) is 0. The lowest BCUT2D eigenvalue weighted by Gasteiger charge is -2.26. The van der Waals surface area contributed by atoms with Gasteiger partial charge in [0.2, 0.25) is 0 Å². The van der Waals surface area contributed by atoms with Gasteiger partial charge in [-0.2, -0.15) is 0 Å². The average molecular weight is 281 g/mol. The van der Waals surface area contributed by atoms with Crippen LogP contribution in [0.15, 0.2) is 48.5 Å². The molecule has 0 fully saturated rings. The van der Waals surface area contributed by atoms with Crippen LogP contribution < -0.4 is 10.1 Å². The molecule has 0 aromatic heterocycles. The number of hydrogen-bond acceptors (Lipinski definition) is 3. The smallest absolute Gasteiger partial charge is 0.159 e. The average Bonchev–Trinajstić information content (AvgIpc) is 2.53. The van der Waals surface area contributed by atoms with Gasteiger partial charge in [0.1, 0.15) is 12.4 Å². The predicted octanol–water partition coefficient (Wildman–Crippen LogP) is 2.98. The molecule has 0 spiro atoms. The highest BCUT2D eigenvalue weighted by molar-refractivity contribution is 5.94. The highest BCUT2D eigenvalue weighted by atomic mass is 16.5. The molecule has 1 heterocycles. The summed E-state index contributed by atoms with van der Waals surface area (Å²) in [6, 6.07) is 16.2. The quantitative estimate of drug-likeness (QED) is 0.876. The maximum Gasteiger partial charge on any atom is 0.159 e. The third-order valence-electron chi connectivity index (χ3n) is 3.81. The van der Waals surface area contributed by atoms with Crippen LogP contribution in [0.25, 0.3) is 0 Å². The first-order valence-corrected chi connectivity index (χ1v) is 7.26. The first-order chi connectivity index (χ1) is 10.2. The number of para-hydroxylation sites is 1. The predicted molar refractivity (Wildman–Crippen MR) is 82.7 cm³/mol. The molecular weight excluding hydrogens is 262 g/mol. The maximum atomic E-state index is 11.4. The second-order valence-electron chi connectivity index (χ2n) is 5.46. The Kier molecular flexibility index (Phi) is 4.02. The first kappa shape index (κ1) is 13.8. The van der Waals surface area contributed by atoms with E-state index < -0.39 is 0 Å². The van der Waals surface area contributed by atoms with Crippen LogP contribution in [-0.4, -0.2) is 18.4 Å². The van der Waals surface area contributed by atoms with Crippen LogP contribution in [0, 0.1) is 0 Å². The van der Waals surface area contributed by atoms with E-state index in [4.69, 9.17) is 4.74 Å². The molecule has 1 N–H and O–H groups in total. The molecule has 1 atom stereocenters. The standard InChI is InChI=1S/C18H19NO2/c1-13(20)15-7-4-5-14(9-15)11-19-17-10-16-6-2-3-8-18(16)21-12-17/h2-9,17,19H,10-12H2,1H3. The van der Waals surface area contributed by atoms with Crippen molar-refractivity contribution in [3.8, 4) is 5.75 Å². The SMILES string of the molecule is CC(=O)c1cccc(CNC2COc3ccccc3C2)c1. The fraction of sp³-hybridized carbons (Fsp3) is 0.278. The number of carbonyl (C=O) groups excluding carboxylic acids is 1. The Balaban J connectivity index is 1.61. The molecule has 3 heteroatoms. The second kappa shape index (κ2) is 6.10. The van der Waals surface area contributed by atoms with E-state index in [2.05, 4.69) is 11.4 Å². The summed E-state index contributed by atoms with van der Waals surface area (Å²) >= 11 is 0. The van der Waals surface area contributed by atoms with Crippen LogP contribution in [0.2, 0.25) is 0 Å². The topological polar surface area (TPSA) is 38.3 Å². The zero-order valence-corrected chi connectivity index (χ0v) is 12.1. The van der Waals surface area contributed by atoms with Gasteiger partial charge in [-0.25, -0.2) is 0 Å². The van der Waals surface area contributed by atoms with Crippen LogP contribution in [0.5, 0.6) is 5.75 Å². The molecule has 1 aliphatic heterocycles. The third kappa shape index (κ3) is 3.31.